The van der Waals surface area contributed by atoms with Crippen LogP contribution in [-0.4, -0.2) is 62.3 Å². The van der Waals surface area contributed by atoms with E-state index in [1.165, 1.54) is 0 Å². The number of benzene rings is 2. The van der Waals surface area contributed by atoms with E-state index < -0.39 is 12.1 Å². The monoisotopic (exact) mass is 412 g/mol. The van der Waals surface area contributed by atoms with Crippen molar-refractivity contribution in [3.05, 3.63) is 54.6 Å². The highest BCUT2D eigenvalue weighted by Gasteiger charge is 2.27. The average Bonchev–Trinajstić information content (AvgIpc) is 2.79. The van der Waals surface area contributed by atoms with E-state index in [1.807, 2.05) is 25.1 Å². The van der Waals surface area contributed by atoms with Crippen molar-refractivity contribution in [2.75, 3.05) is 44.3 Å². The smallest absolute Gasteiger partial charge is 0.344 e. The van der Waals surface area contributed by atoms with Gasteiger partial charge in [-0.25, -0.2) is 4.79 Å². The largest absolute Gasteiger partial charge is 0.494 e. The van der Waals surface area contributed by atoms with Crippen molar-refractivity contribution in [1.82, 2.24) is 4.90 Å². The molecule has 2 aromatic carbocycles. The number of para-hydroxylation sites is 1. The SMILES string of the molecule is CCOc1ccc(OCC(=O)OC(C)C(=O)N2CCN(c3ccccc3)CC2)cc1. The summed E-state index contributed by atoms with van der Waals surface area (Å²) in [6.45, 7) is 6.52. The molecule has 7 heteroatoms. The third-order valence-electron chi connectivity index (χ3n) is 4.86. The maximum Gasteiger partial charge on any atom is 0.344 e. The number of hydrogen-bond acceptors (Lipinski definition) is 6. The summed E-state index contributed by atoms with van der Waals surface area (Å²) in [7, 11) is 0. The molecule has 1 aliphatic rings. The van der Waals surface area contributed by atoms with Gasteiger partial charge in [0.15, 0.2) is 12.7 Å². The molecule has 30 heavy (non-hydrogen) atoms. The average molecular weight is 412 g/mol. The minimum absolute atomic E-state index is 0.183. The molecule has 7 nitrogen and oxygen atoms in total. The van der Waals surface area contributed by atoms with Crippen LogP contribution >= 0.6 is 0 Å². The molecular weight excluding hydrogens is 384 g/mol. The molecule has 1 heterocycles. The first kappa shape index (κ1) is 21.5. The molecule has 1 aliphatic heterocycles. The number of nitrogens with zero attached hydrogens (tertiary/aromatic N) is 2. The van der Waals surface area contributed by atoms with Gasteiger partial charge >= 0.3 is 5.97 Å². The maximum absolute atomic E-state index is 12.6. The molecule has 160 valence electrons. The van der Waals surface area contributed by atoms with E-state index in [0.29, 0.717) is 25.4 Å². The van der Waals surface area contributed by atoms with Gasteiger partial charge in [-0.15, -0.1) is 0 Å². The lowest BCUT2D eigenvalue weighted by Gasteiger charge is -2.37. The van der Waals surface area contributed by atoms with Crippen LogP contribution in [-0.2, 0) is 14.3 Å². The van der Waals surface area contributed by atoms with Crippen LogP contribution in [0.3, 0.4) is 0 Å². The number of rotatable bonds is 8. The highest BCUT2D eigenvalue weighted by Crippen LogP contribution is 2.18. The summed E-state index contributed by atoms with van der Waals surface area (Å²) in [5.74, 6) is 0.509. The predicted octanol–water partition coefficient (Wildman–Crippen LogP) is 2.74. The van der Waals surface area contributed by atoms with Gasteiger partial charge in [0.1, 0.15) is 11.5 Å². The molecule has 0 radical (unpaired) electrons. The lowest BCUT2D eigenvalue weighted by Crippen LogP contribution is -2.51. The number of carbonyl (C=O) groups excluding carboxylic acids is 2. The van der Waals surface area contributed by atoms with Crippen molar-refractivity contribution < 1.29 is 23.8 Å². The number of esters is 1. The van der Waals surface area contributed by atoms with Crippen molar-refractivity contribution in [2.45, 2.75) is 20.0 Å². The number of carbonyl (C=O) groups is 2. The number of anilines is 1. The van der Waals surface area contributed by atoms with Gasteiger partial charge in [0.2, 0.25) is 0 Å². The predicted molar refractivity (Wildman–Crippen MR) is 114 cm³/mol. The molecule has 2 aromatic rings. The fourth-order valence-electron chi connectivity index (χ4n) is 3.30. The van der Waals surface area contributed by atoms with Crippen molar-refractivity contribution >= 4 is 17.6 Å². The highest BCUT2D eigenvalue weighted by molar-refractivity contribution is 5.84. The van der Waals surface area contributed by atoms with Gasteiger partial charge < -0.3 is 24.0 Å². The van der Waals surface area contributed by atoms with Gasteiger partial charge in [-0.1, -0.05) is 18.2 Å². The molecule has 0 spiro atoms. The molecule has 1 amide bonds. The number of piperazine rings is 1. The third-order valence-corrected chi connectivity index (χ3v) is 4.86. The zero-order valence-corrected chi connectivity index (χ0v) is 17.5. The summed E-state index contributed by atoms with van der Waals surface area (Å²) in [6, 6.07) is 17.1. The van der Waals surface area contributed by atoms with Crippen molar-refractivity contribution in [3.63, 3.8) is 0 Å². The normalized spacial score (nSPS) is 14.7. The zero-order chi connectivity index (χ0) is 21.3. The van der Waals surface area contributed by atoms with E-state index >= 15 is 0 Å². The van der Waals surface area contributed by atoms with Gasteiger partial charge in [-0.2, -0.15) is 0 Å². The number of hydrogen-bond donors (Lipinski definition) is 0. The summed E-state index contributed by atoms with van der Waals surface area (Å²) in [4.78, 5) is 28.7. The van der Waals surface area contributed by atoms with E-state index in [2.05, 4.69) is 17.0 Å². The Morgan fingerprint density at radius 3 is 2.10 bits per heavy atom. The van der Waals surface area contributed by atoms with Crippen LogP contribution in [0, 0.1) is 0 Å². The first-order valence-corrected chi connectivity index (χ1v) is 10.2. The van der Waals surface area contributed by atoms with E-state index in [1.54, 1.807) is 36.1 Å². The maximum atomic E-state index is 12.6. The molecular formula is C23H28N2O5. The second-order valence-electron chi connectivity index (χ2n) is 6.97. The quantitative estimate of drug-likeness (QED) is 0.621. The van der Waals surface area contributed by atoms with E-state index in [9.17, 15) is 9.59 Å². The van der Waals surface area contributed by atoms with Crippen LogP contribution in [0.5, 0.6) is 11.5 Å². The fourth-order valence-corrected chi connectivity index (χ4v) is 3.30. The molecule has 0 aromatic heterocycles. The van der Waals surface area contributed by atoms with Gasteiger partial charge in [0, 0.05) is 31.9 Å². The topological polar surface area (TPSA) is 68.3 Å². The van der Waals surface area contributed by atoms with E-state index in [4.69, 9.17) is 14.2 Å². The van der Waals surface area contributed by atoms with Crippen LogP contribution in [0.25, 0.3) is 0 Å². The Morgan fingerprint density at radius 1 is 0.900 bits per heavy atom. The van der Waals surface area contributed by atoms with Gasteiger partial charge in [-0.05, 0) is 50.2 Å². The Labute approximate surface area is 177 Å². The Balaban J connectivity index is 1.41. The van der Waals surface area contributed by atoms with Crippen LogP contribution in [0.2, 0.25) is 0 Å². The summed E-state index contributed by atoms with van der Waals surface area (Å²) in [5.41, 5.74) is 1.15. The van der Waals surface area contributed by atoms with E-state index in [-0.39, 0.29) is 12.5 Å². The van der Waals surface area contributed by atoms with Gasteiger partial charge in [0.05, 0.1) is 6.61 Å². The molecule has 0 saturated carbocycles. The standard InChI is InChI=1S/C23H28N2O5/c1-3-28-20-9-11-21(12-10-20)29-17-22(26)30-18(2)23(27)25-15-13-24(14-16-25)19-7-5-4-6-8-19/h4-12,18H,3,13-17H2,1-2H3. The van der Waals surface area contributed by atoms with Crippen molar-refractivity contribution in [2.24, 2.45) is 0 Å². The first-order valence-electron chi connectivity index (χ1n) is 10.2. The van der Waals surface area contributed by atoms with Gasteiger partial charge in [0.25, 0.3) is 5.91 Å². The lowest BCUT2D eigenvalue weighted by atomic mass is 10.2. The van der Waals surface area contributed by atoms with Crippen LogP contribution in [0.15, 0.2) is 54.6 Å². The van der Waals surface area contributed by atoms with Crippen molar-refractivity contribution in [3.8, 4) is 11.5 Å². The van der Waals surface area contributed by atoms with Gasteiger partial charge in [-0.3, -0.25) is 4.79 Å². The zero-order valence-electron chi connectivity index (χ0n) is 17.5. The minimum Gasteiger partial charge on any atom is -0.494 e. The Hall–Kier alpha value is -3.22. The first-order chi connectivity index (χ1) is 14.6. The summed E-state index contributed by atoms with van der Waals surface area (Å²) in [6.07, 6.45) is -0.843. The highest BCUT2D eigenvalue weighted by atomic mass is 16.6. The third kappa shape index (κ3) is 5.89. The minimum atomic E-state index is -0.843. The molecule has 1 fully saturated rings. The molecule has 0 N–H and O–H groups in total. The lowest BCUT2D eigenvalue weighted by molar-refractivity contribution is -0.160. The molecule has 3 rings (SSSR count). The van der Waals surface area contributed by atoms with Crippen LogP contribution < -0.4 is 14.4 Å². The molecule has 1 unspecified atom stereocenters. The molecule has 0 bridgehead atoms. The number of ether oxygens (including phenoxy) is 3. The second-order valence-corrected chi connectivity index (χ2v) is 6.97. The summed E-state index contributed by atoms with van der Waals surface area (Å²) >= 11 is 0. The van der Waals surface area contributed by atoms with E-state index in [0.717, 1.165) is 24.5 Å². The second kappa shape index (κ2) is 10.5. The Bertz CT molecular complexity index is 817. The fraction of sp³-hybridized carbons (Fsp3) is 0.391. The Morgan fingerprint density at radius 2 is 1.50 bits per heavy atom. The van der Waals surface area contributed by atoms with Crippen LogP contribution in [0.1, 0.15) is 13.8 Å². The molecule has 1 atom stereocenters. The van der Waals surface area contributed by atoms with Crippen molar-refractivity contribution in [1.29, 1.82) is 0 Å². The molecule has 0 aliphatic carbocycles. The Kier molecular flexibility index (Phi) is 7.54. The molecule has 1 saturated heterocycles. The number of amides is 1. The summed E-state index contributed by atoms with van der Waals surface area (Å²) in [5, 5.41) is 0. The summed E-state index contributed by atoms with van der Waals surface area (Å²) < 4.78 is 16.1. The van der Waals surface area contributed by atoms with Crippen LogP contribution in [0.4, 0.5) is 5.69 Å².